The number of aliphatic imine (C=N–C) groups is 1. The average molecular weight is 378 g/mol. The lowest BCUT2D eigenvalue weighted by Gasteiger charge is -2.12. The Kier molecular flexibility index (Phi) is 10.1. The SMILES string of the molecule is CCSC(=NC)/C(=N/OC)c1ccccc1CO/N=C(C)/C(C)=N/OC. The second kappa shape index (κ2) is 12.1. The molecule has 0 aliphatic heterocycles. The molecule has 0 N–H and O–H groups in total. The fraction of sp³-hybridized carbons (Fsp3) is 0.444. The Bertz CT molecular complexity index is 699. The van der Waals surface area contributed by atoms with Gasteiger partial charge >= 0.3 is 0 Å². The van der Waals surface area contributed by atoms with Crippen LogP contribution in [-0.2, 0) is 21.1 Å². The van der Waals surface area contributed by atoms with Crippen molar-refractivity contribution in [3.8, 4) is 0 Å². The molecule has 0 spiro atoms. The van der Waals surface area contributed by atoms with Gasteiger partial charge in [-0.25, -0.2) is 0 Å². The Balaban J connectivity index is 3.08. The van der Waals surface area contributed by atoms with E-state index in [9.17, 15) is 0 Å². The van der Waals surface area contributed by atoms with Crippen molar-refractivity contribution in [2.45, 2.75) is 27.4 Å². The van der Waals surface area contributed by atoms with Crippen molar-refractivity contribution in [3.05, 3.63) is 35.4 Å². The number of hydrogen-bond acceptors (Lipinski definition) is 8. The van der Waals surface area contributed by atoms with Gasteiger partial charge in [-0.15, -0.1) is 11.8 Å². The van der Waals surface area contributed by atoms with Crippen LogP contribution in [0.4, 0.5) is 0 Å². The first-order valence-electron chi connectivity index (χ1n) is 8.13. The summed E-state index contributed by atoms with van der Waals surface area (Å²) in [4.78, 5) is 19.6. The lowest BCUT2D eigenvalue weighted by molar-refractivity contribution is 0.130. The minimum atomic E-state index is 0.282. The lowest BCUT2D eigenvalue weighted by Crippen LogP contribution is -2.16. The number of thioether (sulfide) groups is 1. The van der Waals surface area contributed by atoms with Crippen LogP contribution in [-0.4, -0.2) is 49.2 Å². The molecular formula is C18H26N4O3S. The highest BCUT2D eigenvalue weighted by atomic mass is 32.2. The van der Waals surface area contributed by atoms with Gasteiger partial charge in [0.05, 0.1) is 0 Å². The van der Waals surface area contributed by atoms with Gasteiger partial charge in [-0.3, -0.25) is 4.99 Å². The van der Waals surface area contributed by atoms with E-state index in [4.69, 9.17) is 14.5 Å². The predicted octanol–water partition coefficient (Wildman–Crippen LogP) is 3.73. The van der Waals surface area contributed by atoms with Gasteiger partial charge in [-0.2, -0.15) is 0 Å². The summed E-state index contributed by atoms with van der Waals surface area (Å²) < 4.78 is 0. The third-order valence-electron chi connectivity index (χ3n) is 3.32. The van der Waals surface area contributed by atoms with E-state index < -0.39 is 0 Å². The van der Waals surface area contributed by atoms with Crippen LogP contribution in [0.3, 0.4) is 0 Å². The van der Waals surface area contributed by atoms with E-state index in [0.717, 1.165) is 21.9 Å². The molecule has 0 aromatic heterocycles. The van der Waals surface area contributed by atoms with Gasteiger partial charge in [0.25, 0.3) is 0 Å². The fourth-order valence-electron chi connectivity index (χ4n) is 2.02. The van der Waals surface area contributed by atoms with Crippen LogP contribution < -0.4 is 0 Å². The summed E-state index contributed by atoms with van der Waals surface area (Å²) >= 11 is 1.61. The van der Waals surface area contributed by atoms with E-state index in [1.54, 1.807) is 32.7 Å². The van der Waals surface area contributed by atoms with Crippen molar-refractivity contribution in [2.24, 2.45) is 20.5 Å². The summed E-state index contributed by atoms with van der Waals surface area (Å²) in [6.07, 6.45) is 0. The molecule has 1 aromatic carbocycles. The van der Waals surface area contributed by atoms with E-state index in [1.165, 1.54) is 14.2 Å². The molecule has 0 saturated carbocycles. The molecule has 8 heteroatoms. The minimum absolute atomic E-state index is 0.282. The van der Waals surface area contributed by atoms with Crippen molar-refractivity contribution in [2.75, 3.05) is 27.0 Å². The maximum absolute atomic E-state index is 5.50. The Labute approximate surface area is 159 Å². The molecule has 0 aliphatic rings. The van der Waals surface area contributed by atoms with Crippen molar-refractivity contribution < 1.29 is 14.5 Å². The maximum atomic E-state index is 5.50. The summed E-state index contributed by atoms with van der Waals surface area (Å²) in [7, 11) is 4.76. The number of hydrogen-bond donors (Lipinski definition) is 0. The molecule has 0 unspecified atom stereocenters. The monoisotopic (exact) mass is 378 g/mol. The van der Waals surface area contributed by atoms with E-state index in [0.29, 0.717) is 17.1 Å². The zero-order valence-electron chi connectivity index (χ0n) is 16.1. The highest BCUT2D eigenvalue weighted by Crippen LogP contribution is 2.17. The van der Waals surface area contributed by atoms with Crippen LogP contribution in [0.1, 0.15) is 31.9 Å². The summed E-state index contributed by atoms with van der Waals surface area (Å²) in [5, 5.41) is 12.9. The van der Waals surface area contributed by atoms with Gasteiger partial charge in [0.15, 0.2) is 0 Å². The van der Waals surface area contributed by atoms with E-state index >= 15 is 0 Å². The largest absolute Gasteiger partial charge is 0.399 e. The summed E-state index contributed by atoms with van der Waals surface area (Å²) in [6.45, 7) is 5.96. The second-order valence-electron chi connectivity index (χ2n) is 5.05. The first kappa shape index (κ1) is 21.7. The van der Waals surface area contributed by atoms with Crippen LogP contribution in [0, 0.1) is 0 Å². The third kappa shape index (κ3) is 6.51. The Morgan fingerprint density at radius 3 is 2.27 bits per heavy atom. The highest BCUT2D eigenvalue weighted by molar-refractivity contribution is 8.15. The topological polar surface area (TPSA) is 77.1 Å². The van der Waals surface area contributed by atoms with Crippen molar-refractivity contribution in [1.82, 2.24) is 0 Å². The van der Waals surface area contributed by atoms with Gasteiger partial charge in [-0.05, 0) is 19.6 Å². The third-order valence-corrected chi connectivity index (χ3v) is 4.25. The Morgan fingerprint density at radius 2 is 1.65 bits per heavy atom. The molecule has 0 radical (unpaired) electrons. The van der Waals surface area contributed by atoms with Crippen molar-refractivity contribution >= 4 is 33.9 Å². The van der Waals surface area contributed by atoms with Gasteiger partial charge < -0.3 is 14.5 Å². The highest BCUT2D eigenvalue weighted by Gasteiger charge is 2.16. The number of benzene rings is 1. The Hall–Kier alpha value is -2.35. The van der Waals surface area contributed by atoms with E-state index in [2.05, 4.69) is 27.4 Å². The molecule has 142 valence electrons. The lowest BCUT2D eigenvalue weighted by atomic mass is 10.0. The summed E-state index contributed by atoms with van der Waals surface area (Å²) in [5.41, 5.74) is 3.80. The quantitative estimate of drug-likeness (QED) is 0.373. The number of nitrogens with zero attached hydrogens (tertiary/aromatic N) is 4. The van der Waals surface area contributed by atoms with Crippen LogP contribution in [0.5, 0.6) is 0 Å². The van der Waals surface area contributed by atoms with Crippen LogP contribution in [0.2, 0.25) is 0 Å². The molecule has 1 rings (SSSR count). The second-order valence-corrected chi connectivity index (χ2v) is 6.30. The predicted molar refractivity (Wildman–Crippen MR) is 109 cm³/mol. The van der Waals surface area contributed by atoms with Gasteiger partial charge in [0, 0.05) is 18.2 Å². The van der Waals surface area contributed by atoms with Gasteiger partial charge in [0.2, 0.25) is 0 Å². The van der Waals surface area contributed by atoms with Gasteiger partial charge in [-0.1, -0.05) is 46.7 Å². The molecule has 26 heavy (non-hydrogen) atoms. The Morgan fingerprint density at radius 1 is 1.00 bits per heavy atom. The average Bonchev–Trinajstić information content (AvgIpc) is 2.65. The molecule has 0 bridgehead atoms. The molecule has 0 heterocycles. The minimum Gasteiger partial charge on any atom is -0.399 e. The first-order chi connectivity index (χ1) is 12.6. The van der Waals surface area contributed by atoms with E-state index in [1.807, 2.05) is 24.3 Å². The molecule has 0 amide bonds. The summed E-state index contributed by atoms with van der Waals surface area (Å²) in [6, 6.07) is 7.81. The standard InChI is InChI=1S/C18H26N4O3S/c1-7-26-18(19-4)17(22-24-6)16-11-9-8-10-15(16)12-25-21-14(3)13(2)20-23-5/h8-11H,7,12H2,1-6H3/b19-18?,20-13+,21-14+,22-17+. The molecule has 7 nitrogen and oxygen atoms in total. The number of oxime groups is 3. The van der Waals surface area contributed by atoms with Crippen molar-refractivity contribution in [1.29, 1.82) is 0 Å². The molecule has 0 aliphatic carbocycles. The van der Waals surface area contributed by atoms with Crippen LogP contribution in [0.15, 0.2) is 44.7 Å². The molecule has 0 fully saturated rings. The normalized spacial score (nSPS) is 13.6. The molecule has 0 atom stereocenters. The fourth-order valence-corrected chi connectivity index (χ4v) is 2.70. The van der Waals surface area contributed by atoms with Crippen LogP contribution >= 0.6 is 11.8 Å². The molecular weight excluding hydrogens is 352 g/mol. The molecule has 0 saturated heterocycles. The smallest absolute Gasteiger partial charge is 0.143 e. The first-order valence-corrected chi connectivity index (χ1v) is 9.11. The van der Waals surface area contributed by atoms with Crippen LogP contribution in [0.25, 0.3) is 0 Å². The van der Waals surface area contributed by atoms with E-state index in [-0.39, 0.29) is 6.61 Å². The molecule has 1 aromatic rings. The number of rotatable bonds is 9. The zero-order chi connectivity index (χ0) is 19.4. The maximum Gasteiger partial charge on any atom is 0.143 e. The van der Waals surface area contributed by atoms with Gasteiger partial charge in [0.1, 0.15) is 43.0 Å². The zero-order valence-corrected chi connectivity index (χ0v) is 17.0. The van der Waals surface area contributed by atoms with Crippen molar-refractivity contribution in [3.63, 3.8) is 0 Å². The summed E-state index contributed by atoms with van der Waals surface area (Å²) in [5.74, 6) is 0.885.